The largest absolute Gasteiger partial charge is 0.394 e. The molecule has 3 N–H and O–H groups in total. The number of aliphatic hydroxyl groups excluding tert-OH is 1. The van der Waals surface area contributed by atoms with Crippen LogP contribution < -0.4 is 5.73 Å². The van der Waals surface area contributed by atoms with Gasteiger partial charge in [0.15, 0.2) is 5.82 Å². The lowest BCUT2D eigenvalue weighted by molar-refractivity contribution is 0.260. The van der Waals surface area contributed by atoms with Crippen LogP contribution in [0.15, 0.2) is 22.7 Å². The van der Waals surface area contributed by atoms with E-state index in [4.69, 9.17) is 15.4 Å². The van der Waals surface area contributed by atoms with Crippen LogP contribution in [0.3, 0.4) is 0 Å². The van der Waals surface area contributed by atoms with Crippen molar-refractivity contribution in [1.82, 2.24) is 10.1 Å². The van der Waals surface area contributed by atoms with Gasteiger partial charge in [0.05, 0.1) is 12.6 Å². The summed E-state index contributed by atoms with van der Waals surface area (Å²) in [4.78, 5) is 4.00. The Morgan fingerprint density at radius 1 is 1.47 bits per heavy atom. The molecule has 90 valence electrons. The van der Waals surface area contributed by atoms with Crippen LogP contribution in [0.4, 0.5) is 4.39 Å². The molecule has 1 aromatic carbocycles. The van der Waals surface area contributed by atoms with Gasteiger partial charge in [-0.2, -0.15) is 4.98 Å². The molecule has 0 aliphatic carbocycles. The zero-order chi connectivity index (χ0) is 12.4. The third-order valence-electron chi connectivity index (χ3n) is 2.26. The molecule has 2 rings (SSSR count). The molecule has 0 bridgehead atoms. The lowest BCUT2D eigenvalue weighted by atomic mass is 10.1. The Hall–Kier alpha value is -1.79. The fraction of sp³-hybridized carbons (Fsp3) is 0.273. The van der Waals surface area contributed by atoms with Gasteiger partial charge in [-0.1, -0.05) is 5.16 Å². The standard InChI is InChI=1S/C11H12FN3O2/c1-6-2-7(4-8(12)3-6)11-14-10(15-17-11)9(13)5-16/h2-4,9,16H,5,13H2,1H3. The molecule has 0 aliphatic heterocycles. The molecule has 2 aromatic rings. The normalized spacial score (nSPS) is 12.7. The number of aliphatic hydroxyl groups is 1. The van der Waals surface area contributed by atoms with Crippen molar-refractivity contribution in [1.29, 1.82) is 0 Å². The van der Waals surface area contributed by atoms with Gasteiger partial charge in [0.1, 0.15) is 5.82 Å². The average molecular weight is 237 g/mol. The van der Waals surface area contributed by atoms with Gasteiger partial charge >= 0.3 is 0 Å². The Morgan fingerprint density at radius 3 is 2.88 bits per heavy atom. The molecule has 5 nitrogen and oxygen atoms in total. The van der Waals surface area contributed by atoms with Crippen molar-refractivity contribution in [2.24, 2.45) is 5.73 Å². The van der Waals surface area contributed by atoms with Crippen LogP contribution in [-0.2, 0) is 0 Å². The number of hydrogen-bond donors (Lipinski definition) is 2. The second kappa shape index (κ2) is 4.60. The molecule has 0 spiro atoms. The van der Waals surface area contributed by atoms with Crippen LogP contribution in [0, 0.1) is 12.7 Å². The monoisotopic (exact) mass is 237 g/mol. The first-order valence-electron chi connectivity index (χ1n) is 5.08. The van der Waals surface area contributed by atoms with Crippen LogP contribution in [0.1, 0.15) is 17.4 Å². The van der Waals surface area contributed by atoms with Gasteiger partial charge in [-0.3, -0.25) is 0 Å². The Bertz CT molecular complexity index is 507. The van der Waals surface area contributed by atoms with E-state index in [9.17, 15) is 4.39 Å². The summed E-state index contributed by atoms with van der Waals surface area (Å²) in [5.41, 5.74) is 6.78. The van der Waals surface area contributed by atoms with E-state index in [-0.39, 0.29) is 24.1 Å². The highest BCUT2D eigenvalue weighted by Crippen LogP contribution is 2.21. The van der Waals surface area contributed by atoms with Gasteiger partial charge in [0.2, 0.25) is 0 Å². The number of aromatic nitrogens is 2. The molecule has 0 saturated heterocycles. The molecule has 0 aliphatic rings. The fourth-order valence-corrected chi connectivity index (χ4v) is 1.44. The number of nitrogens with two attached hydrogens (primary N) is 1. The maximum atomic E-state index is 13.2. The van der Waals surface area contributed by atoms with E-state index in [2.05, 4.69) is 10.1 Å². The molecule has 1 heterocycles. The highest BCUT2D eigenvalue weighted by molar-refractivity contribution is 5.54. The van der Waals surface area contributed by atoms with Gasteiger partial charge in [-0.15, -0.1) is 0 Å². The van der Waals surface area contributed by atoms with Crippen molar-refractivity contribution in [2.45, 2.75) is 13.0 Å². The minimum atomic E-state index is -0.692. The van der Waals surface area contributed by atoms with Gasteiger partial charge in [-0.05, 0) is 30.7 Å². The second-order valence-corrected chi connectivity index (χ2v) is 3.76. The van der Waals surface area contributed by atoms with E-state index in [0.717, 1.165) is 5.56 Å². The summed E-state index contributed by atoms with van der Waals surface area (Å²) in [7, 11) is 0. The summed E-state index contributed by atoms with van der Waals surface area (Å²) < 4.78 is 18.2. The molecular weight excluding hydrogens is 225 g/mol. The van der Waals surface area contributed by atoms with Gasteiger partial charge in [0.25, 0.3) is 5.89 Å². The number of halogens is 1. The van der Waals surface area contributed by atoms with E-state index in [1.807, 2.05) is 0 Å². The Morgan fingerprint density at radius 2 is 2.24 bits per heavy atom. The third kappa shape index (κ3) is 2.48. The van der Waals surface area contributed by atoms with Crippen molar-refractivity contribution in [3.8, 4) is 11.5 Å². The Balaban J connectivity index is 2.36. The highest BCUT2D eigenvalue weighted by atomic mass is 19.1. The molecule has 6 heteroatoms. The van der Waals surface area contributed by atoms with E-state index >= 15 is 0 Å². The summed E-state index contributed by atoms with van der Waals surface area (Å²) in [6, 6.07) is 3.74. The molecular formula is C11H12FN3O2. The maximum absolute atomic E-state index is 13.2. The third-order valence-corrected chi connectivity index (χ3v) is 2.26. The Kier molecular flexibility index (Phi) is 3.16. The summed E-state index contributed by atoms with van der Waals surface area (Å²) in [6.45, 7) is 1.49. The van der Waals surface area contributed by atoms with E-state index in [1.54, 1.807) is 13.0 Å². The quantitative estimate of drug-likeness (QED) is 0.837. The van der Waals surface area contributed by atoms with Crippen LogP contribution >= 0.6 is 0 Å². The molecule has 0 amide bonds. The first-order valence-corrected chi connectivity index (χ1v) is 5.08. The predicted octanol–water partition coefficient (Wildman–Crippen LogP) is 1.18. The molecule has 0 radical (unpaired) electrons. The van der Waals surface area contributed by atoms with Crippen molar-refractivity contribution in [3.05, 3.63) is 35.4 Å². The van der Waals surface area contributed by atoms with Gasteiger partial charge in [-0.25, -0.2) is 4.39 Å². The zero-order valence-corrected chi connectivity index (χ0v) is 9.22. The summed E-state index contributed by atoms with van der Waals surface area (Å²) >= 11 is 0. The lowest BCUT2D eigenvalue weighted by Crippen LogP contribution is -2.15. The first kappa shape index (κ1) is 11.7. The minimum absolute atomic E-state index is 0.187. The summed E-state index contributed by atoms with van der Waals surface area (Å²) in [5.74, 6) is 0.0159. The number of hydrogen-bond acceptors (Lipinski definition) is 5. The smallest absolute Gasteiger partial charge is 0.258 e. The SMILES string of the molecule is Cc1cc(F)cc(-c2nc(C(N)CO)no2)c1. The van der Waals surface area contributed by atoms with Crippen LogP contribution in [0.2, 0.25) is 0 Å². The number of nitrogens with zero attached hydrogens (tertiary/aromatic N) is 2. The summed E-state index contributed by atoms with van der Waals surface area (Å²) in [6.07, 6.45) is 0. The highest BCUT2D eigenvalue weighted by Gasteiger charge is 2.15. The average Bonchev–Trinajstić information content (AvgIpc) is 2.76. The van der Waals surface area contributed by atoms with Crippen molar-refractivity contribution in [3.63, 3.8) is 0 Å². The Labute approximate surface area is 97.1 Å². The van der Waals surface area contributed by atoms with Gasteiger partial charge in [0, 0.05) is 5.56 Å². The van der Waals surface area contributed by atoms with Crippen LogP contribution in [0.25, 0.3) is 11.5 Å². The molecule has 0 fully saturated rings. The van der Waals surface area contributed by atoms with Crippen LogP contribution in [0.5, 0.6) is 0 Å². The molecule has 17 heavy (non-hydrogen) atoms. The lowest BCUT2D eigenvalue weighted by Gasteiger charge is -1.99. The van der Waals surface area contributed by atoms with Crippen LogP contribution in [-0.4, -0.2) is 21.9 Å². The molecule has 1 unspecified atom stereocenters. The molecule has 1 aromatic heterocycles. The topological polar surface area (TPSA) is 85.2 Å². The second-order valence-electron chi connectivity index (χ2n) is 3.76. The zero-order valence-electron chi connectivity index (χ0n) is 9.22. The maximum Gasteiger partial charge on any atom is 0.258 e. The van der Waals surface area contributed by atoms with Gasteiger partial charge < -0.3 is 15.4 Å². The van der Waals surface area contributed by atoms with Crippen molar-refractivity contribution >= 4 is 0 Å². The summed E-state index contributed by atoms with van der Waals surface area (Å²) in [5, 5.41) is 12.5. The number of benzene rings is 1. The van der Waals surface area contributed by atoms with E-state index in [0.29, 0.717) is 5.56 Å². The minimum Gasteiger partial charge on any atom is -0.394 e. The molecule has 1 atom stereocenters. The fourth-order valence-electron chi connectivity index (χ4n) is 1.44. The molecule has 0 saturated carbocycles. The predicted molar refractivity (Wildman–Crippen MR) is 58.4 cm³/mol. The van der Waals surface area contributed by atoms with Crippen molar-refractivity contribution < 1.29 is 14.0 Å². The number of aryl methyl sites for hydroxylation is 1. The number of rotatable bonds is 3. The van der Waals surface area contributed by atoms with Crippen molar-refractivity contribution in [2.75, 3.05) is 6.61 Å². The van der Waals surface area contributed by atoms with E-state index in [1.165, 1.54) is 12.1 Å². The van der Waals surface area contributed by atoms with E-state index < -0.39 is 6.04 Å². The first-order chi connectivity index (χ1) is 8.10.